The maximum Gasteiger partial charge on any atom is 0.265 e. The number of carbonyl (C=O) groups is 1. The first kappa shape index (κ1) is 20.6. The third-order valence-electron chi connectivity index (χ3n) is 3.94. The van der Waals surface area contributed by atoms with Crippen LogP contribution in [0, 0.1) is 5.82 Å². The SMILES string of the molecule is COc1ccc(NC(=O)c2ccc(F)cc2)cc1S(=O)(=O)Nc1ccccc1Cl. The van der Waals surface area contributed by atoms with Crippen molar-refractivity contribution in [2.75, 3.05) is 17.1 Å². The molecule has 1 amide bonds. The lowest BCUT2D eigenvalue weighted by atomic mass is 10.2. The molecule has 9 heteroatoms. The maximum absolute atomic E-state index is 13.0. The summed E-state index contributed by atoms with van der Waals surface area (Å²) in [5, 5.41) is 2.81. The number of halogens is 2. The molecule has 2 N–H and O–H groups in total. The van der Waals surface area contributed by atoms with Crippen molar-refractivity contribution in [1.82, 2.24) is 0 Å². The van der Waals surface area contributed by atoms with E-state index < -0.39 is 21.7 Å². The van der Waals surface area contributed by atoms with E-state index >= 15 is 0 Å². The normalized spacial score (nSPS) is 11.0. The Bertz CT molecular complexity index is 1150. The summed E-state index contributed by atoms with van der Waals surface area (Å²) in [4.78, 5) is 12.1. The van der Waals surface area contributed by atoms with Crippen LogP contribution in [0.3, 0.4) is 0 Å². The fourth-order valence-corrected chi connectivity index (χ4v) is 4.03. The first-order valence-electron chi connectivity index (χ1n) is 8.32. The van der Waals surface area contributed by atoms with E-state index in [1.54, 1.807) is 18.2 Å². The number of hydrogen-bond acceptors (Lipinski definition) is 4. The average molecular weight is 435 g/mol. The molecule has 6 nitrogen and oxygen atoms in total. The van der Waals surface area contributed by atoms with Gasteiger partial charge in [0.25, 0.3) is 15.9 Å². The molecule has 0 aliphatic carbocycles. The Kier molecular flexibility index (Phi) is 6.05. The minimum atomic E-state index is -4.07. The Hall–Kier alpha value is -3.10. The van der Waals surface area contributed by atoms with Crippen molar-refractivity contribution in [3.05, 3.63) is 83.1 Å². The van der Waals surface area contributed by atoms with Gasteiger partial charge in [-0.05, 0) is 54.6 Å². The third-order valence-corrected chi connectivity index (χ3v) is 5.65. The van der Waals surface area contributed by atoms with Crippen molar-refractivity contribution in [2.45, 2.75) is 4.90 Å². The van der Waals surface area contributed by atoms with Gasteiger partial charge in [0.05, 0.1) is 17.8 Å². The first-order chi connectivity index (χ1) is 13.8. The molecule has 0 aliphatic heterocycles. The molecule has 150 valence electrons. The minimum Gasteiger partial charge on any atom is -0.495 e. The van der Waals surface area contributed by atoms with Gasteiger partial charge in [0.15, 0.2) is 0 Å². The van der Waals surface area contributed by atoms with Gasteiger partial charge in [-0.15, -0.1) is 0 Å². The zero-order chi connectivity index (χ0) is 21.0. The maximum atomic E-state index is 13.0. The van der Waals surface area contributed by atoms with E-state index in [0.29, 0.717) is 0 Å². The van der Waals surface area contributed by atoms with Gasteiger partial charge in [-0.3, -0.25) is 9.52 Å². The number of amides is 1. The summed E-state index contributed by atoms with van der Waals surface area (Å²) >= 11 is 6.03. The fourth-order valence-electron chi connectivity index (χ4n) is 2.51. The second-order valence-corrected chi connectivity index (χ2v) is 7.97. The van der Waals surface area contributed by atoms with Crippen LogP contribution in [0.2, 0.25) is 5.02 Å². The van der Waals surface area contributed by atoms with E-state index in [1.807, 2.05) is 0 Å². The topological polar surface area (TPSA) is 84.5 Å². The number of nitrogens with one attached hydrogen (secondary N) is 2. The third kappa shape index (κ3) is 4.85. The van der Waals surface area contributed by atoms with Gasteiger partial charge in [0.1, 0.15) is 16.5 Å². The number of rotatable bonds is 6. The summed E-state index contributed by atoms with van der Waals surface area (Å²) in [5.41, 5.74) is 0.650. The predicted octanol–water partition coefficient (Wildman–Crippen LogP) is 4.54. The zero-order valence-electron chi connectivity index (χ0n) is 15.1. The molecule has 0 aliphatic rings. The zero-order valence-corrected chi connectivity index (χ0v) is 16.7. The highest BCUT2D eigenvalue weighted by Gasteiger charge is 2.22. The molecule has 0 atom stereocenters. The standard InChI is InChI=1S/C20H16ClFN2O4S/c1-28-18-11-10-15(23-20(25)13-6-8-14(22)9-7-13)12-19(18)29(26,27)24-17-5-3-2-4-16(17)21/h2-12,24H,1H3,(H,23,25). The Morgan fingerprint density at radius 2 is 1.72 bits per heavy atom. The number of sulfonamides is 1. The van der Waals surface area contributed by atoms with Crippen LogP contribution >= 0.6 is 11.6 Å². The quantitative estimate of drug-likeness (QED) is 0.596. The number of carbonyl (C=O) groups excluding carboxylic acids is 1. The average Bonchev–Trinajstić information content (AvgIpc) is 2.70. The highest BCUT2D eigenvalue weighted by molar-refractivity contribution is 7.92. The molecule has 0 spiro atoms. The van der Waals surface area contributed by atoms with Gasteiger partial charge in [-0.2, -0.15) is 0 Å². The Labute approximate surface area is 172 Å². The van der Waals surface area contributed by atoms with Gasteiger partial charge >= 0.3 is 0 Å². The molecule has 0 bridgehead atoms. The van der Waals surface area contributed by atoms with E-state index in [2.05, 4.69) is 10.0 Å². The van der Waals surface area contributed by atoms with Crippen molar-refractivity contribution in [1.29, 1.82) is 0 Å². The molecular formula is C20H16ClFN2O4S. The molecule has 0 saturated carbocycles. The van der Waals surface area contributed by atoms with Crippen LogP contribution in [-0.4, -0.2) is 21.4 Å². The number of ether oxygens (including phenoxy) is 1. The lowest BCUT2D eigenvalue weighted by molar-refractivity contribution is 0.102. The molecule has 0 unspecified atom stereocenters. The van der Waals surface area contributed by atoms with Crippen LogP contribution < -0.4 is 14.8 Å². The number of hydrogen-bond donors (Lipinski definition) is 2. The molecule has 0 radical (unpaired) electrons. The molecule has 3 aromatic carbocycles. The van der Waals surface area contributed by atoms with E-state index in [0.717, 1.165) is 12.1 Å². The molecule has 29 heavy (non-hydrogen) atoms. The van der Waals surface area contributed by atoms with Crippen molar-refractivity contribution >= 4 is 38.9 Å². The Balaban J connectivity index is 1.91. The Morgan fingerprint density at radius 3 is 2.38 bits per heavy atom. The van der Waals surface area contributed by atoms with E-state index in [4.69, 9.17) is 16.3 Å². The van der Waals surface area contributed by atoms with Crippen LogP contribution in [0.1, 0.15) is 10.4 Å². The summed E-state index contributed by atoms with van der Waals surface area (Å²) in [7, 11) is -2.73. The summed E-state index contributed by atoms with van der Waals surface area (Å²) in [6.45, 7) is 0. The van der Waals surface area contributed by atoms with Crippen molar-refractivity contribution in [3.63, 3.8) is 0 Å². The monoisotopic (exact) mass is 434 g/mol. The van der Waals surface area contributed by atoms with E-state index in [-0.39, 0.29) is 32.6 Å². The largest absolute Gasteiger partial charge is 0.495 e. The number of benzene rings is 3. The summed E-state index contributed by atoms with van der Waals surface area (Å²) in [6.07, 6.45) is 0. The highest BCUT2D eigenvalue weighted by Crippen LogP contribution is 2.31. The molecule has 0 aromatic heterocycles. The van der Waals surface area contributed by atoms with Gasteiger partial charge in [0, 0.05) is 11.3 Å². The molecule has 0 fully saturated rings. The predicted molar refractivity (Wildman–Crippen MR) is 110 cm³/mol. The minimum absolute atomic E-state index is 0.0873. The highest BCUT2D eigenvalue weighted by atomic mass is 35.5. The van der Waals surface area contributed by atoms with Crippen LogP contribution in [0.15, 0.2) is 71.6 Å². The van der Waals surface area contributed by atoms with E-state index in [1.165, 1.54) is 43.5 Å². The second-order valence-electron chi connectivity index (χ2n) is 5.91. The van der Waals surface area contributed by atoms with Crippen LogP contribution in [-0.2, 0) is 10.0 Å². The Morgan fingerprint density at radius 1 is 1.03 bits per heavy atom. The van der Waals surface area contributed by atoms with Crippen LogP contribution in [0.4, 0.5) is 15.8 Å². The smallest absolute Gasteiger partial charge is 0.265 e. The van der Waals surface area contributed by atoms with Gasteiger partial charge in [-0.1, -0.05) is 23.7 Å². The van der Waals surface area contributed by atoms with Crippen LogP contribution in [0.25, 0.3) is 0 Å². The lowest BCUT2D eigenvalue weighted by Gasteiger charge is -2.14. The van der Waals surface area contributed by atoms with Gasteiger partial charge < -0.3 is 10.1 Å². The number of anilines is 2. The molecule has 0 saturated heterocycles. The fraction of sp³-hybridized carbons (Fsp3) is 0.0500. The molecule has 3 aromatic rings. The van der Waals surface area contributed by atoms with Gasteiger partial charge in [0.2, 0.25) is 0 Å². The lowest BCUT2D eigenvalue weighted by Crippen LogP contribution is -2.16. The van der Waals surface area contributed by atoms with Gasteiger partial charge in [-0.25, -0.2) is 12.8 Å². The summed E-state index contributed by atoms with van der Waals surface area (Å²) < 4.78 is 46.3. The molecule has 0 heterocycles. The van der Waals surface area contributed by atoms with Crippen molar-refractivity contribution in [3.8, 4) is 5.75 Å². The van der Waals surface area contributed by atoms with Crippen molar-refractivity contribution < 1.29 is 22.3 Å². The second kappa shape index (κ2) is 8.50. The summed E-state index contributed by atoms with van der Waals surface area (Å²) in [6, 6.07) is 15.5. The molecular weight excluding hydrogens is 419 g/mol. The van der Waals surface area contributed by atoms with Crippen LogP contribution in [0.5, 0.6) is 5.75 Å². The van der Waals surface area contributed by atoms with E-state index in [9.17, 15) is 17.6 Å². The molecule has 3 rings (SSSR count). The number of methoxy groups -OCH3 is 1. The first-order valence-corrected chi connectivity index (χ1v) is 10.2. The summed E-state index contributed by atoms with van der Waals surface area (Å²) in [5.74, 6) is -0.896. The van der Waals surface area contributed by atoms with Crippen molar-refractivity contribution in [2.24, 2.45) is 0 Å². The number of para-hydroxylation sites is 1.